The maximum absolute atomic E-state index is 2.54. The van der Waals surface area contributed by atoms with Crippen molar-refractivity contribution in [2.24, 2.45) is 0 Å². The summed E-state index contributed by atoms with van der Waals surface area (Å²) in [5.41, 5.74) is 0. The highest BCUT2D eigenvalue weighted by atomic mass is 28.3. The quantitative estimate of drug-likeness (QED) is 0.613. The molecule has 0 unspecified atom stereocenters. The van der Waals surface area contributed by atoms with Crippen molar-refractivity contribution in [3.8, 4) is 0 Å². The summed E-state index contributed by atoms with van der Waals surface area (Å²) in [5, 5.41) is 0.477. The van der Waals surface area contributed by atoms with Gasteiger partial charge in [-0.3, -0.25) is 0 Å². The van der Waals surface area contributed by atoms with Crippen molar-refractivity contribution in [2.45, 2.75) is 38.9 Å². The Morgan fingerprint density at radius 1 is 1.00 bits per heavy atom. The van der Waals surface area contributed by atoms with E-state index in [1.165, 1.54) is 13.1 Å². The molecule has 2 nitrogen and oxygen atoms in total. The molecule has 14 heavy (non-hydrogen) atoms. The van der Waals surface area contributed by atoms with Crippen LogP contribution in [0.15, 0.2) is 0 Å². The molecule has 0 radical (unpaired) electrons. The molecule has 0 aromatic carbocycles. The monoisotopic (exact) mass is 212 g/mol. The van der Waals surface area contributed by atoms with Gasteiger partial charge in [-0.25, -0.2) is 0 Å². The lowest BCUT2D eigenvalue weighted by Crippen LogP contribution is -2.63. The Hall–Kier alpha value is 0.202. The molecule has 1 aliphatic rings. The lowest BCUT2D eigenvalue weighted by molar-refractivity contribution is 0.553. The molecule has 1 aliphatic heterocycles. The van der Waals surface area contributed by atoms with Gasteiger partial charge >= 0.3 is 0 Å². The second-order valence-corrected chi connectivity index (χ2v) is 11.8. The third-order valence-corrected chi connectivity index (χ3v) is 10.3. The Morgan fingerprint density at radius 2 is 1.36 bits per heavy atom. The molecule has 1 fully saturated rings. The van der Waals surface area contributed by atoms with E-state index in [1.807, 2.05) is 0 Å². The fraction of sp³-hybridized carbons (Fsp3) is 1.00. The number of rotatable bonds is 1. The average Bonchev–Trinajstić information content (AvgIpc) is 2.28. The maximum atomic E-state index is 2.54. The highest BCUT2D eigenvalue weighted by Crippen LogP contribution is 2.39. The minimum atomic E-state index is -1.25. The van der Waals surface area contributed by atoms with Gasteiger partial charge in [0.1, 0.15) is 0 Å². The molecule has 1 rings (SSSR count). The molecule has 0 aromatic rings. The van der Waals surface area contributed by atoms with E-state index in [4.69, 9.17) is 0 Å². The first-order chi connectivity index (χ1) is 6.18. The van der Waals surface area contributed by atoms with E-state index in [9.17, 15) is 0 Å². The van der Waals surface area contributed by atoms with E-state index in [0.29, 0.717) is 11.6 Å². The van der Waals surface area contributed by atoms with E-state index >= 15 is 0 Å². The Kier molecular flexibility index (Phi) is 3.20. The zero-order chi connectivity index (χ0) is 11.1. The van der Waals surface area contributed by atoms with E-state index in [-0.39, 0.29) is 0 Å². The minimum Gasteiger partial charge on any atom is -0.332 e. The maximum Gasteiger partial charge on any atom is 0.295 e. The first kappa shape index (κ1) is 12.3. The molecule has 0 bridgehead atoms. The predicted molar refractivity (Wildman–Crippen MR) is 68.2 cm³/mol. The van der Waals surface area contributed by atoms with Crippen molar-refractivity contribution < 1.29 is 0 Å². The third-order valence-electron chi connectivity index (χ3n) is 4.22. The Bertz CT molecular complexity index is 203. The first-order valence-electron chi connectivity index (χ1n) is 5.58. The van der Waals surface area contributed by atoms with Crippen molar-refractivity contribution in [1.82, 2.24) is 9.62 Å². The molecular weight excluding hydrogens is 187 g/mol. The summed E-state index contributed by atoms with van der Waals surface area (Å²) in [7, 11) is 3.30. The van der Waals surface area contributed by atoms with E-state index in [0.717, 1.165) is 0 Å². The highest BCUT2D eigenvalue weighted by Gasteiger charge is 2.51. The molecule has 1 saturated heterocycles. The summed E-state index contributed by atoms with van der Waals surface area (Å²) in [5.74, 6) is 0. The summed E-state index contributed by atoms with van der Waals surface area (Å²) < 4.78 is 0. The average molecular weight is 212 g/mol. The van der Waals surface area contributed by atoms with Crippen LogP contribution in [0.1, 0.15) is 20.8 Å². The van der Waals surface area contributed by atoms with Gasteiger partial charge in [-0.1, -0.05) is 33.9 Å². The van der Waals surface area contributed by atoms with Crippen LogP contribution < -0.4 is 0 Å². The predicted octanol–water partition coefficient (Wildman–Crippen LogP) is 1.94. The number of likely N-dealkylation sites (N-methyl/N-ethyl adjacent to an activating group) is 2. The zero-order valence-corrected chi connectivity index (χ0v) is 11.9. The number of hydrogen-bond donors (Lipinski definition) is 0. The highest BCUT2D eigenvalue weighted by molar-refractivity contribution is 7.31. The normalized spacial score (nSPS) is 22.1. The third kappa shape index (κ3) is 1.93. The molecule has 0 aromatic heterocycles. The lowest BCUT2D eigenvalue weighted by atomic mass is 10.1. The molecule has 0 spiro atoms. The SMILES string of the molecule is CN1CCN(C)B1[Si](C)(C)C(C)(C)C. The van der Waals surface area contributed by atoms with Gasteiger partial charge in [0.05, 0.1) is 7.94 Å². The van der Waals surface area contributed by atoms with Crippen molar-refractivity contribution in [3.05, 3.63) is 0 Å². The van der Waals surface area contributed by atoms with Gasteiger partial charge in [0.2, 0.25) is 0 Å². The van der Waals surface area contributed by atoms with Crippen LogP contribution >= 0.6 is 0 Å². The van der Waals surface area contributed by atoms with Gasteiger partial charge in [0.25, 0.3) is 6.57 Å². The summed E-state index contributed by atoms with van der Waals surface area (Å²) in [6.45, 7) is 15.4. The largest absolute Gasteiger partial charge is 0.332 e. The summed E-state index contributed by atoms with van der Waals surface area (Å²) >= 11 is 0. The van der Waals surface area contributed by atoms with Crippen LogP contribution in [0.25, 0.3) is 0 Å². The molecule has 0 saturated carbocycles. The Labute approximate surface area is 90.7 Å². The Morgan fingerprint density at radius 3 is 1.64 bits per heavy atom. The van der Waals surface area contributed by atoms with Crippen LogP contribution in [0, 0.1) is 0 Å². The molecule has 0 atom stereocenters. The smallest absolute Gasteiger partial charge is 0.295 e. The van der Waals surface area contributed by atoms with E-state index in [1.54, 1.807) is 0 Å². The van der Waals surface area contributed by atoms with Crippen LogP contribution in [0.3, 0.4) is 0 Å². The van der Waals surface area contributed by atoms with Crippen LogP contribution in [0.4, 0.5) is 0 Å². The van der Waals surface area contributed by atoms with Crippen LogP contribution in [-0.2, 0) is 0 Å². The van der Waals surface area contributed by atoms with Gasteiger partial charge in [0, 0.05) is 0 Å². The van der Waals surface area contributed by atoms with E-state index in [2.05, 4.69) is 57.6 Å². The molecule has 0 N–H and O–H groups in total. The number of nitrogens with zero attached hydrogens (tertiary/aromatic N) is 2. The lowest BCUT2D eigenvalue weighted by Gasteiger charge is -2.43. The summed E-state index contributed by atoms with van der Waals surface area (Å²) in [6.07, 6.45) is 0. The van der Waals surface area contributed by atoms with Crippen molar-refractivity contribution >= 4 is 14.5 Å². The standard InChI is InChI=1S/C10H25BN2Si/c1-10(2,3)14(6,7)11-12(4)8-9-13(11)5/h8-9H2,1-7H3. The molecular formula is C10H25BN2Si. The minimum absolute atomic E-state index is 0.477. The summed E-state index contributed by atoms with van der Waals surface area (Å²) in [4.78, 5) is 5.08. The molecule has 4 heteroatoms. The van der Waals surface area contributed by atoms with Crippen LogP contribution in [-0.4, -0.2) is 51.3 Å². The van der Waals surface area contributed by atoms with Gasteiger partial charge in [-0.15, -0.1) is 0 Å². The van der Waals surface area contributed by atoms with E-state index < -0.39 is 7.94 Å². The van der Waals surface area contributed by atoms with Crippen molar-refractivity contribution in [3.63, 3.8) is 0 Å². The number of hydrogen-bond acceptors (Lipinski definition) is 2. The fourth-order valence-corrected chi connectivity index (χ4v) is 5.62. The van der Waals surface area contributed by atoms with Crippen LogP contribution in [0.2, 0.25) is 18.1 Å². The van der Waals surface area contributed by atoms with Crippen LogP contribution in [0.5, 0.6) is 0 Å². The Balaban J connectivity index is 2.91. The van der Waals surface area contributed by atoms with Gasteiger partial charge in [-0.2, -0.15) is 0 Å². The van der Waals surface area contributed by atoms with Crippen molar-refractivity contribution in [2.75, 3.05) is 27.2 Å². The van der Waals surface area contributed by atoms with Gasteiger partial charge in [0.15, 0.2) is 0 Å². The topological polar surface area (TPSA) is 6.48 Å². The second kappa shape index (κ2) is 3.65. The molecule has 1 heterocycles. The zero-order valence-electron chi connectivity index (χ0n) is 10.9. The summed E-state index contributed by atoms with van der Waals surface area (Å²) in [6, 6.07) is 0. The van der Waals surface area contributed by atoms with Gasteiger partial charge < -0.3 is 9.62 Å². The van der Waals surface area contributed by atoms with Crippen molar-refractivity contribution in [1.29, 1.82) is 0 Å². The van der Waals surface area contributed by atoms with Gasteiger partial charge in [-0.05, 0) is 32.2 Å². The molecule has 0 amide bonds. The fourth-order valence-electron chi connectivity index (χ4n) is 2.39. The molecule has 82 valence electrons. The molecule has 0 aliphatic carbocycles. The second-order valence-electron chi connectivity index (χ2n) is 6.31. The first-order valence-corrected chi connectivity index (χ1v) is 8.66.